The molecule has 0 unspecified atom stereocenters. The first-order chi connectivity index (χ1) is 56.8. The van der Waals surface area contributed by atoms with Crippen molar-refractivity contribution >= 4 is 92.6 Å². The number of fused-ring (bicyclic) bond motifs is 20. The molecule has 8 bridgehead atoms. The minimum atomic E-state index is -0.654. The number of carbonyl (C=O) groups is 4. The maximum Gasteiger partial charge on any atom is 2.00 e. The SMILES string of the molecule is O=C(N/N=C\c1ccccc1Oc1cccc2c1-c1nc-2nc2[n-]c(nc3nc(nc4[n-]c(n1)c1c(Oc5ccccc5/C=N/NC(=O)c5ccccc5O)cccc41)-c1cc(Oc4ccccc4/C=N/NC(=O)c4ccccc4O)ccc1-3)c1c(Oc3ccccc3/C=N/NC(=O)c3ccccc3O)cccc21)c1ccccc1O.[Zn+2]. The van der Waals surface area contributed by atoms with E-state index in [9.17, 15) is 39.6 Å². The van der Waals surface area contributed by atoms with Gasteiger partial charge in [-0.3, -0.25) is 19.2 Å². The van der Waals surface area contributed by atoms with Gasteiger partial charge in [-0.15, -0.1) is 0 Å². The number of rotatable bonds is 20. The molecule has 0 spiro atoms. The van der Waals surface area contributed by atoms with Crippen molar-refractivity contribution in [3.8, 4) is 115 Å². The first kappa shape index (κ1) is 74.7. The topological polar surface area (TPSA) is 389 Å². The number of carbonyl (C=O) groups excluding carboxylic acids is 4. The molecule has 29 heteroatoms. The van der Waals surface area contributed by atoms with Crippen LogP contribution in [0.4, 0.5) is 0 Å². The van der Waals surface area contributed by atoms with Gasteiger partial charge in [-0.1, -0.05) is 133 Å². The minimum Gasteiger partial charge on any atom is -0.507 e. The van der Waals surface area contributed by atoms with Crippen molar-refractivity contribution in [2.75, 3.05) is 0 Å². The van der Waals surface area contributed by atoms with Crippen molar-refractivity contribution in [2.45, 2.75) is 0 Å². The van der Waals surface area contributed by atoms with E-state index in [0.717, 1.165) is 0 Å². The van der Waals surface area contributed by atoms with E-state index in [1.807, 2.05) is 6.07 Å². The molecule has 2 aliphatic heterocycles. The summed E-state index contributed by atoms with van der Waals surface area (Å²) in [5.74, 6) is -0.777. The summed E-state index contributed by atoms with van der Waals surface area (Å²) in [7, 11) is 0. The average molecular weight is 1590 g/mol. The van der Waals surface area contributed by atoms with Crippen LogP contribution in [0, 0.1) is 0 Å². The molecule has 562 valence electrons. The number of nitrogens with zero attached hydrogens (tertiary/aromatic N) is 12. The Morgan fingerprint density at radius 3 is 1.03 bits per heavy atom. The second kappa shape index (κ2) is 32.9. The van der Waals surface area contributed by atoms with Crippen LogP contribution in [-0.4, -0.2) is 98.8 Å². The monoisotopic (exact) mass is 1590 g/mol. The fourth-order valence-electron chi connectivity index (χ4n) is 12.8. The van der Waals surface area contributed by atoms with Gasteiger partial charge < -0.3 is 69.3 Å². The molecule has 117 heavy (non-hydrogen) atoms. The number of aromatic nitrogens is 8. The number of hydrazone groups is 4. The van der Waals surface area contributed by atoms with Crippen molar-refractivity contribution in [1.29, 1.82) is 0 Å². The number of amides is 4. The van der Waals surface area contributed by atoms with Gasteiger partial charge in [-0.2, -0.15) is 20.4 Å². The maximum atomic E-state index is 13.2. The van der Waals surface area contributed by atoms with Crippen LogP contribution < -0.4 is 50.6 Å². The molecule has 0 saturated carbocycles. The number of hydrogen-bond donors (Lipinski definition) is 8. The van der Waals surface area contributed by atoms with Crippen LogP contribution in [0.5, 0.6) is 69.0 Å². The van der Waals surface area contributed by atoms with Crippen LogP contribution >= 0.6 is 0 Å². The molecule has 8 N–H and O–H groups in total. The van der Waals surface area contributed by atoms with Crippen molar-refractivity contribution in [2.24, 2.45) is 20.4 Å². The minimum absolute atomic E-state index is 0. The Bertz CT molecular complexity index is 6830. The van der Waals surface area contributed by atoms with Gasteiger partial charge in [-0.25, -0.2) is 31.7 Å². The summed E-state index contributed by atoms with van der Waals surface area (Å²) in [6.45, 7) is 0. The quantitative estimate of drug-likeness (QED) is 0.0200. The van der Waals surface area contributed by atoms with E-state index in [1.54, 1.807) is 212 Å². The Hall–Kier alpha value is -16.4. The molecule has 0 aliphatic carbocycles. The number of para-hydroxylation sites is 8. The summed E-state index contributed by atoms with van der Waals surface area (Å²) in [6, 6.07) is 73.4. The third-order valence-corrected chi connectivity index (χ3v) is 18.3. The third kappa shape index (κ3) is 15.6. The van der Waals surface area contributed by atoms with Crippen molar-refractivity contribution < 1.29 is 78.0 Å². The summed E-state index contributed by atoms with van der Waals surface area (Å²) in [4.78, 5) is 94.9. The van der Waals surface area contributed by atoms with Gasteiger partial charge in [0.1, 0.15) is 69.0 Å². The van der Waals surface area contributed by atoms with Crippen molar-refractivity contribution in [3.05, 3.63) is 311 Å². The van der Waals surface area contributed by atoms with Gasteiger partial charge in [0.2, 0.25) is 0 Å². The molecule has 3 aromatic heterocycles. The van der Waals surface area contributed by atoms with Gasteiger partial charge in [0.25, 0.3) is 23.6 Å². The Morgan fingerprint density at radius 2 is 0.615 bits per heavy atom. The van der Waals surface area contributed by atoms with E-state index in [4.69, 9.17) is 58.8 Å². The molecular formula is C88H56N16O12Zn. The normalized spacial score (nSPS) is 11.5. The Kier molecular flexibility index (Phi) is 21.0. The van der Waals surface area contributed by atoms with Crippen LogP contribution in [-0.2, 0) is 19.5 Å². The second-order valence-electron chi connectivity index (χ2n) is 25.7. The van der Waals surface area contributed by atoms with E-state index in [1.165, 1.54) is 73.4 Å². The molecule has 15 aromatic rings. The molecule has 2 aliphatic rings. The van der Waals surface area contributed by atoms with Gasteiger partial charge in [0.15, 0.2) is 0 Å². The van der Waals surface area contributed by atoms with Crippen LogP contribution in [0.2, 0.25) is 0 Å². The fourth-order valence-corrected chi connectivity index (χ4v) is 12.8. The Morgan fingerprint density at radius 1 is 0.299 bits per heavy atom. The van der Waals surface area contributed by atoms with E-state index < -0.39 is 23.6 Å². The van der Waals surface area contributed by atoms with Crippen LogP contribution in [0.25, 0.3) is 89.7 Å². The molecule has 0 radical (unpaired) electrons. The van der Waals surface area contributed by atoms with Gasteiger partial charge >= 0.3 is 19.5 Å². The number of nitrogens with one attached hydrogen (secondary N) is 4. The van der Waals surface area contributed by atoms with Gasteiger partial charge in [0.05, 0.1) is 76.0 Å². The first-order valence-electron chi connectivity index (χ1n) is 35.6. The smallest absolute Gasteiger partial charge is 0.507 e. The molecule has 12 aromatic carbocycles. The zero-order chi connectivity index (χ0) is 79.2. The molecule has 0 saturated heterocycles. The standard InChI is InChI=1S/C88H58N16O12.Zn/c105-63-31-9-5-24-55(63)85(109)101-89-45-49-20-1-13-35-67(49)113-53-42-43-54-62(44-53)81-93-77(54)96-82-74-59(28-17-39-71(74)114-68-36-14-2-21-50(68)46-90-102-86(110)56-25-6-10-32-64(56)106)78(97-82)94-79-60-29-18-40-72(115-69-37-15-3-22-51(69)47-91-103-87(111)57-26-7-11-33-65(57)107)75(60)83(98-79)100-84-76-61(80(95-81)99-84)30-19-41-73(76)116-70-38-16-4-23-52(70)48-92-104-88(112)58-27-8-12-34-66(58)108;/h1-48H,(H10,93,94,95,96,97,98,99,100,101,102,103,104,105,106,107,108,109,110,111,112);/q;+2/p-2/b89-45+,90-46+,91-47-,92-48+;. The number of aromatic hydroxyl groups is 4. The number of phenols is 4. The number of hydrogen-bond acceptors (Lipinski definition) is 22. The average Bonchev–Trinajstić information content (AvgIpc) is 1.59. The van der Waals surface area contributed by atoms with E-state index in [2.05, 4.69) is 42.1 Å². The first-order valence-corrected chi connectivity index (χ1v) is 35.6. The maximum absolute atomic E-state index is 13.2. The fraction of sp³-hybridized carbons (Fsp3) is 0. The molecule has 28 nitrogen and oxygen atoms in total. The van der Waals surface area contributed by atoms with E-state index >= 15 is 0 Å². The van der Waals surface area contributed by atoms with Crippen LogP contribution in [0.1, 0.15) is 63.7 Å². The second-order valence-corrected chi connectivity index (χ2v) is 25.7. The Balaban J connectivity index is 0.0000102. The summed E-state index contributed by atoms with van der Waals surface area (Å²) >= 11 is 0. The molecule has 17 rings (SSSR count). The Labute approximate surface area is 674 Å². The number of benzene rings is 12. The predicted octanol–water partition coefficient (Wildman–Crippen LogP) is 15.2. The summed E-state index contributed by atoms with van der Waals surface area (Å²) in [5, 5.41) is 60.2. The van der Waals surface area contributed by atoms with Gasteiger partial charge in [-0.05, 0) is 144 Å². The zero-order valence-electron chi connectivity index (χ0n) is 60.8. The molecule has 0 fully saturated rings. The third-order valence-electron chi connectivity index (χ3n) is 18.3. The molecular weight excluding hydrogens is 1540 g/mol. The molecule has 5 heterocycles. The predicted molar refractivity (Wildman–Crippen MR) is 433 cm³/mol. The molecule has 4 amide bonds. The van der Waals surface area contributed by atoms with E-state index in [-0.39, 0.29) is 139 Å². The van der Waals surface area contributed by atoms with Crippen LogP contribution in [0.3, 0.4) is 0 Å². The largest absolute Gasteiger partial charge is 2.00 e. The zero-order valence-corrected chi connectivity index (χ0v) is 63.8. The van der Waals surface area contributed by atoms with Crippen LogP contribution in [0.15, 0.2) is 287 Å². The van der Waals surface area contributed by atoms with Gasteiger partial charge in [0, 0.05) is 72.3 Å². The number of phenolic OH excluding ortho intramolecular Hbond substituents is 4. The van der Waals surface area contributed by atoms with Crippen molar-refractivity contribution in [3.63, 3.8) is 0 Å². The summed E-state index contributed by atoms with van der Waals surface area (Å²) in [5.41, 5.74) is 13.9. The van der Waals surface area contributed by atoms with Crippen molar-refractivity contribution in [1.82, 2.24) is 61.6 Å². The molecule has 0 atom stereocenters. The summed E-state index contributed by atoms with van der Waals surface area (Å²) in [6.07, 6.45) is 5.63. The van der Waals surface area contributed by atoms with E-state index in [0.29, 0.717) is 83.3 Å². The summed E-state index contributed by atoms with van der Waals surface area (Å²) < 4.78 is 27.4. The number of ether oxygens (including phenoxy) is 4.